The van der Waals surface area contributed by atoms with Crippen molar-refractivity contribution in [1.82, 2.24) is 10.2 Å². The molecule has 5 heteroatoms. The molecule has 2 atom stereocenters. The summed E-state index contributed by atoms with van der Waals surface area (Å²) in [6, 6.07) is -0.770. The van der Waals surface area contributed by atoms with Gasteiger partial charge in [-0.05, 0) is 25.7 Å². The van der Waals surface area contributed by atoms with Gasteiger partial charge in [-0.2, -0.15) is 0 Å². The Morgan fingerprint density at radius 2 is 2.00 bits per heavy atom. The summed E-state index contributed by atoms with van der Waals surface area (Å²) in [5, 5.41) is 2.74. The van der Waals surface area contributed by atoms with E-state index >= 15 is 0 Å². The van der Waals surface area contributed by atoms with E-state index in [1.165, 1.54) is 0 Å². The van der Waals surface area contributed by atoms with Gasteiger partial charge in [0.2, 0.25) is 11.8 Å². The molecular weight excluding hydrogens is 244 g/mol. The summed E-state index contributed by atoms with van der Waals surface area (Å²) in [6.07, 6.45) is 1.77. The molecule has 0 bridgehead atoms. The van der Waals surface area contributed by atoms with Crippen LogP contribution >= 0.6 is 0 Å². The second kappa shape index (κ2) is 7.48. The highest BCUT2D eigenvalue weighted by Gasteiger charge is 2.39. The Morgan fingerprint density at radius 1 is 1.32 bits per heavy atom. The minimum atomic E-state index is -0.418. The van der Waals surface area contributed by atoms with Crippen molar-refractivity contribution < 1.29 is 14.3 Å². The van der Waals surface area contributed by atoms with Crippen LogP contribution in [0.1, 0.15) is 40.5 Å². The van der Waals surface area contributed by atoms with Crippen molar-refractivity contribution in [3.63, 3.8) is 0 Å². The molecule has 1 aliphatic heterocycles. The Hall–Kier alpha value is -1.10. The van der Waals surface area contributed by atoms with Crippen LogP contribution in [0, 0.1) is 5.92 Å². The first-order valence-electron chi connectivity index (χ1n) is 7.17. The third-order valence-corrected chi connectivity index (χ3v) is 3.28. The minimum Gasteiger partial charge on any atom is -0.381 e. The molecule has 0 aliphatic carbocycles. The molecule has 1 aliphatic rings. The van der Waals surface area contributed by atoms with E-state index in [0.717, 1.165) is 19.4 Å². The third-order valence-electron chi connectivity index (χ3n) is 3.28. The molecule has 0 spiro atoms. The first kappa shape index (κ1) is 16.0. The molecule has 1 saturated heterocycles. The Bertz CT molecular complexity index is 318. The molecule has 0 aromatic carbocycles. The van der Waals surface area contributed by atoms with Gasteiger partial charge in [0, 0.05) is 19.8 Å². The number of amides is 2. The molecule has 1 N–H and O–H groups in total. The average molecular weight is 270 g/mol. The predicted octanol–water partition coefficient (Wildman–Crippen LogP) is 1.17. The van der Waals surface area contributed by atoms with Crippen molar-refractivity contribution in [2.75, 3.05) is 19.8 Å². The van der Waals surface area contributed by atoms with E-state index in [2.05, 4.69) is 12.2 Å². The number of nitrogens with zero attached hydrogens (tertiary/aromatic N) is 1. The molecule has 110 valence electrons. The quantitative estimate of drug-likeness (QED) is 0.707. The van der Waals surface area contributed by atoms with Crippen LogP contribution in [0.25, 0.3) is 0 Å². The lowest BCUT2D eigenvalue weighted by Crippen LogP contribution is -2.64. The highest BCUT2D eigenvalue weighted by Crippen LogP contribution is 2.17. The van der Waals surface area contributed by atoms with Gasteiger partial charge < -0.3 is 15.0 Å². The molecule has 2 unspecified atom stereocenters. The summed E-state index contributed by atoms with van der Waals surface area (Å²) in [6.45, 7) is 9.70. The fourth-order valence-corrected chi connectivity index (χ4v) is 2.38. The maximum absolute atomic E-state index is 12.2. The first-order chi connectivity index (χ1) is 8.99. The van der Waals surface area contributed by atoms with E-state index < -0.39 is 6.04 Å². The van der Waals surface area contributed by atoms with Crippen molar-refractivity contribution >= 4 is 11.8 Å². The number of nitrogens with one attached hydrogen (secondary N) is 1. The molecule has 0 radical (unpaired) electrons. The van der Waals surface area contributed by atoms with Gasteiger partial charge in [0.05, 0.1) is 0 Å². The van der Waals surface area contributed by atoms with Crippen molar-refractivity contribution in [2.45, 2.75) is 52.6 Å². The molecule has 1 rings (SSSR count). The number of ether oxygens (including phenoxy) is 1. The number of rotatable bonds is 7. The Balaban J connectivity index is 2.57. The lowest BCUT2D eigenvalue weighted by molar-refractivity contribution is -0.150. The Labute approximate surface area is 115 Å². The number of piperazine rings is 1. The summed E-state index contributed by atoms with van der Waals surface area (Å²) < 4.78 is 5.42. The standard InChI is InChI=1S/C14H26N2O3/c1-5-8-19-9-6-7-16-12(10(2)3)13(17)15-11(4)14(16)18/h10-12H,5-9H2,1-4H3,(H,15,17). The SMILES string of the molecule is CCCOCCCN1C(=O)C(C)NC(=O)C1C(C)C. The summed E-state index contributed by atoms with van der Waals surface area (Å²) in [5.41, 5.74) is 0. The lowest BCUT2D eigenvalue weighted by atomic mass is 9.97. The number of carbonyl (C=O) groups excluding carboxylic acids is 2. The van der Waals surface area contributed by atoms with Gasteiger partial charge >= 0.3 is 0 Å². The zero-order chi connectivity index (χ0) is 14.4. The van der Waals surface area contributed by atoms with Crippen LogP contribution in [0.15, 0.2) is 0 Å². The van der Waals surface area contributed by atoms with Crippen LogP contribution < -0.4 is 5.32 Å². The summed E-state index contributed by atoms with van der Waals surface area (Å²) >= 11 is 0. The van der Waals surface area contributed by atoms with Gasteiger partial charge in [-0.3, -0.25) is 9.59 Å². The topological polar surface area (TPSA) is 58.6 Å². The molecule has 0 aromatic rings. The van der Waals surface area contributed by atoms with E-state index in [9.17, 15) is 9.59 Å². The molecule has 19 heavy (non-hydrogen) atoms. The number of hydrogen-bond donors (Lipinski definition) is 1. The average Bonchev–Trinajstić information content (AvgIpc) is 2.34. The van der Waals surface area contributed by atoms with Gasteiger partial charge in [-0.25, -0.2) is 0 Å². The maximum Gasteiger partial charge on any atom is 0.245 e. The van der Waals surface area contributed by atoms with Crippen LogP contribution in [-0.2, 0) is 14.3 Å². The van der Waals surface area contributed by atoms with Crippen LogP contribution in [0.2, 0.25) is 0 Å². The minimum absolute atomic E-state index is 0.00814. The highest BCUT2D eigenvalue weighted by molar-refractivity contribution is 5.96. The number of carbonyl (C=O) groups is 2. The smallest absolute Gasteiger partial charge is 0.245 e. The second-order valence-corrected chi connectivity index (χ2v) is 5.42. The van der Waals surface area contributed by atoms with E-state index in [0.29, 0.717) is 13.2 Å². The van der Waals surface area contributed by atoms with Gasteiger partial charge in [0.1, 0.15) is 12.1 Å². The van der Waals surface area contributed by atoms with E-state index in [1.54, 1.807) is 11.8 Å². The third kappa shape index (κ3) is 4.20. The molecule has 5 nitrogen and oxygen atoms in total. The van der Waals surface area contributed by atoms with E-state index in [4.69, 9.17) is 4.74 Å². The summed E-state index contributed by atoms with van der Waals surface area (Å²) in [7, 11) is 0. The fraction of sp³-hybridized carbons (Fsp3) is 0.857. The van der Waals surface area contributed by atoms with Gasteiger partial charge in [-0.15, -0.1) is 0 Å². The highest BCUT2D eigenvalue weighted by atomic mass is 16.5. The lowest BCUT2D eigenvalue weighted by Gasteiger charge is -2.39. The largest absolute Gasteiger partial charge is 0.381 e. The fourth-order valence-electron chi connectivity index (χ4n) is 2.38. The molecule has 0 saturated carbocycles. The first-order valence-corrected chi connectivity index (χ1v) is 7.17. The molecule has 2 amide bonds. The van der Waals surface area contributed by atoms with Crippen LogP contribution in [0.3, 0.4) is 0 Å². The van der Waals surface area contributed by atoms with Gasteiger partial charge in [0.25, 0.3) is 0 Å². The van der Waals surface area contributed by atoms with Crippen LogP contribution in [-0.4, -0.2) is 48.6 Å². The Kier molecular flexibility index (Phi) is 6.28. The summed E-state index contributed by atoms with van der Waals surface area (Å²) in [5.74, 6) is 0.0818. The van der Waals surface area contributed by atoms with E-state index in [-0.39, 0.29) is 23.8 Å². The maximum atomic E-state index is 12.2. The van der Waals surface area contributed by atoms with Crippen LogP contribution in [0.5, 0.6) is 0 Å². The van der Waals surface area contributed by atoms with Crippen molar-refractivity contribution in [3.05, 3.63) is 0 Å². The zero-order valence-corrected chi connectivity index (χ0v) is 12.4. The normalized spacial score (nSPS) is 23.9. The van der Waals surface area contributed by atoms with Gasteiger partial charge in [-0.1, -0.05) is 20.8 Å². The molecular formula is C14H26N2O3. The monoisotopic (exact) mass is 270 g/mol. The zero-order valence-electron chi connectivity index (χ0n) is 12.4. The molecule has 0 aromatic heterocycles. The van der Waals surface area contributed by atoms with Gasteiger partial charge in [0.15, 0.2) is 0 Å². The number of hydrogen-bond acceptors (Lipinski definition) is 3. The second-order valence-electron chi connectivity index (χ2n) is 5.42. The predicted molar refractivity (Wildman–Crippen MR) is 73.7 cm³/mol. The van der Waals surface area contributed by atoms with Crippen LogP contribution in [0.4, 0.5) is 0 Å². The van der Waals surface area contributed by atoms with Crippen molar-refractivity contribution in [1.29, 1.82) is 0 Å². The van der Waals surface area contributed by atoms with Crippen molar-refractivity contribution in [2.24, 2.45) is 5.92 Å². The summed E-state index contributed by atoms with van der Waals surface area (Å²) in [4.78, 5) is 25.9. The van der Waals surface area contributed by atoms with E-state index in [1.807, 2.05) is 13.8 Å². The Morgan fingerprint density at radius 3 is 2.58 bits per heavy atom. The van der Waals surface area contributed by atoms with Crippen molar-refractivity contribution in [3.8, 4) is 0 Å². The molecule has 1 fully saturated rings. The molecule has 1 heterocycles.